The third-order valence-corrected chi connectivity index (χ3v) is 14.3. The van der Waals surface area contributed by atoms with E-state index in [0.29, 0.717) is 30.3 Å². The van der Waals surface area contributed by atoms with E-state index >= 15 is 0 Å². The van der Waals surface area contributed by atoms with Crippen molar-refractivity contribution in [2.24, 2.45) is 56.7 Å². The Morgan fingerprint density at radius 2 is 1.66 bits per heavy atom. The van der Waals surface area contributed by atoms with Gasteiger partial charge in [-0.1, -0.05) is 53.2 Å². The Balaban J connectivity index is 1.42. The fraction of sp³-hybridized carbons (Fsp3) is 0.909. The molecule has 38 heavy (non-hydrogen) atoms. The van der Waals surface area contributed by atoms with Gasteiger partial charge in [-0.05, 0) is 111 Å². The first-order valence-corrected chi connectivity index (χ1v) is 15.5. The van der Waals surface area contributed by atoms with Gasteiger partial charge >= 0.3 is 5.97 Å². The van der Waals surface area contributed by atoms with Crippen molar-refractivity contribution in [3.63, 3.8) is 0 Å². The Hall–Kier alpha value is -0.910. The van der Waals surface area contributed by atoms with Gasteiger partial charge in [0.25, 0.3) is 0 Å². The van der Waals surface area contributed by atoms with Crippen LogP contribution in [0.4, 0.5) is 0 Å². The number of carboxylic acid groups (broad SMARTS) is 1. The number of ether oxygens (including phenoxy) is 2. The van der Waals surface area contributed by atoms with Gasteiger partial charge in [-0.3, -0.25) is 4.79 Å². The van der Waals surface area contributed by atoms with Crippen LogP contribution in [0.5, 0.6) is 0 Å². The standard InChI is InChI=1S/C33H52O5/c1-19-11-14-33(27(35)36)16-15-31(7)21(25(33)20(19)2)9-10-24-29(5)17-22(34)26-30(6,18-37-28(3,4)38-26)23(29)12-13-32(24,31)8/h9,19-20,22-26,34H,10-18H2,1-8H3,(H,35,36)/t19-,20+,22?,23?,24?,25?,26?,29+,30-,31-,32-,33?/m1/s1. The summed E-state index contributed by atoms with van der Waals surface area (Å²) in [4.78, 5) is 12.9. The Labute approximate surface area is 230 Å². The lowest BCUT2D eigenvalue weighted by molar-refractivity contribution is -0.368. The lowest BCUT2D eigenvalue weighted by Gasteiger charge is -2.72. The van der Waals surface area contributed by atoms with E-state index in [1.807, 2.05) is 13.8 Å². The molecule has 12 atom stereocenters. The molecule has 6 unspecified atom stereocenters. The van der Waals surface area contributed by atoms with Crippen LogP contribution in [0, 0.1) is 56.7 Å². The summed E-state index contributed by atoms with van der Waals surface area (Å²) in [6.07, 6.45) is 9.41. The largest absolute Gasteiger partial charge is 0.481 e. The summed E-state index contributed by atoms with van der Waals surface area (Å²) in [6, 6.07) is 0. The van der Waals surface area contributed by atoms with Crippen molar-refractivity contribution in [1.29, 1.82) is 0 Å². The van der Waals surface area contributed by atoms with E-state index in [0.717, 1.165) is 51.4 Å². The van der Waals surface area contributed by atoms with E-state index in [1.165, 1.54) is 5.57 Å². The highest BCUT2D eigenvalue weighted by Gasteiger charge is 2.71. The van der Waals surface area contributed by atoms with Crippen molar-refractivity contribution >= 4 is 5.97 Å². The third-order valence-electron chi connectivity index (χ3n) is 14.3. The van der Waals surface area contributed by atoms with Gasteiger partial charge in [-0.2, -0.15) is 0 Å². The molecule has 5 aliphatic carbocycles. The zero-order valence-corrected chi connectivity index (χ0v) is 25.1. The minimum absolute atomic E-state index is 0.0108. The summed E-state index contributed by atoms with van der Waals surface area (Å²) in [5.74, 6) is 0.702. The molecule has 0 aromatic carbocycles. The van der Waals surface area contributed by atoms with Gasteiger partial charge in [-0.25, -0.2) is 0 Å². The second-order valence-corrected chi connectivity index (χ2v) is 16.1. The topological polar surface area (TPSA) is 76.0 Å². The second-order valence-electron chi connectivity index (χ2n) is 16.1. The number of allylic oxidation sites excluding steroid dienone is 2. The second kappa shape index (κ2) is 8.10. The molecule has 0 aromatic rings. The summed E-state index contributed by atoms with van der Waals surface area (Å²) >= 11 is 0. The number of aliphatic hydroxyl groups excluding tert-OH is 1. The maximum absolute atomic E-state index is 12.9. The number of hydrogen-bond donors (Lipinski definition) is 2. The average Bonchev–Trinajstić information content (AvgIpc) is 2.82. The average molecular weight is 529 g/mol. The van der Waals surface area contributed by atoms with Gasteiger partial charge in [0.2, 0.25) is 0 Å². The van der Waals surface area contributed by atoms with Crippen LogP contribution < -0.4 is 0 Å². The molecule has 4 saturated carbocycles. The number of carboxylic acids is 1. The first kappa shape index (κ1) is 27.3. The summed E-state index contributed by atoms with van der Waals surface area (Å²) in [5.41, 5.74) is 0.690. The summed E-state index contributed by atoms with van der Waals surface area (Å²) in [5, 5.41) is 22.2. The van der Waals surface area contributed by atoms with Crippen LogP contribution in [0.2, 0.25) is 0 Å². The highest BCUT2D eigenvalue weighted by molar-refractivity contribution is 5.76. The highest BCUT2D eigenvalue weighted by Crippen LogP contribution is 2.76. The molecule has 0 spiro atoms. The summed E-state index contributed by atoms with van der Waals surface area (Å²) in [6.45, 7) is 19.0. The van der Waals surface area contributed by atoms with E-state index in [4.69, 9.17) is 9.47 Å². The lowest BCUT2D eigenvalue weighted by Crippen LogP contribution is -2.70. The van der Waals surface area contributed by atoms with Crippen molar-refractivity contribution in [2.45, 2.75) is 125 Å². The summed E-state index contributed by atoms with van der Waals surface area (Å²) < 4.78 is 12.7. The fourth-order valence-electron chi connectivity index (χ4n) is 11.9. The molecule has 0 aromatic heterocycles. The number of carbonyl (C=O) groups is 1. The molecule has 1 heterocycles. The predicted molar refractivity (Wildman–Crippen MR) is 147 cm³/mol. The van der Waals surface area contributed by atoms with Gasteiger partial charge in [0.1, 0.15) is 0 Å². The van der Waals surface area contributed by atoms with Gasteiger partial charge in [0, 0.05) is 5.41 Å². The van der Waals surface area contributed by atoms with E-state index in [1.54, 1.807) is 0 Å². The van der Waals surface area contributed by atoms with Gasteiger partial charge < -0.3 is 19.7 Å². The smallest absolute Gasteiger partial charge is 0.310 e. The molecular formula is C33H52O5. The first-order chi connectivity index (χ1) is 17.6. The predicted octanol–water partition coefficient (Wildman–Crippen LogP) is 6.83. The summed E-state index contributed by atoms with van der Waals surface area (Å²) in [7, 11) is 0. The Kier molecular flexibility index (Phi) is 5.81. The van der Waals surface area contributed by atoms with Crippen molar-refractivity contribution in [2.75, 3.05) is 6.61 Å². The molecule has 5 fully saturated rings. The highest BCUT2D eigenvalue weighted by atomic mass is 16.7. The molecule has 1 aliphatic heterocycles. The Morgan fingerprint density at radius 3 is 2.34 bits per heavy atom. The Morgan fingerprint density at radius 1 is 0.947 bits per heavy atom. The number of rotatable bonds is 1. The molecule has 5 nitrogen and oxygen atoms in total. The van der Waals surface area contributed by atoms with Crippen LogP contribution in [-0.2, 0) is 14.3 Å². The van der Waals surface area contributed by atoms with Crippen LogP contribution in [0.1, 0.15) is 107 Å². The van der Waals surface area contributed by atoms with Crippen molar-refractivity contribution in [3.8, 4) is 0 Å². The molecule has 0 radical (unpaired) electrons. The van der Waals surface area contributed by atoms with Gasteiger partial charge in [0.15, 0.2) is 5.79 Å². The molecule has 0 amide bonds. The minimum atomic E-state index is -0.662. The van der Waals surface area contributed by atoms with Crippen molar-refractivity contribution in [1.82, 2.24) is 0 Å². The Bertz CT molecular complexity index is 1050. The van der Waals surface area contributed by atoms with Gasteiger partial charge in [-0.15, -0.1) is 0 Å². The van der Waals surface area contributed by atoms with Crippen LogP contribution in [0.15, 0.2) is 11.6 Å². The van der Waals surface area contributed by atoms with E-state index < -0.39 is 23.3 Å². The number of aliphatic carboxylic acids is 1. The first-order valence-electron chi connectivity index (χ1n) is 15.5. The van der Waals surface area contributed by atoms with Crippen LogP contribution in [0.25, 0.3) is 0 Å². The van der Waals surface area contributed by atoms with Crippen molar-refractivity contribution in [3.05, 3.63) is 11.6 Å². The fourth-order valence-corrected chi connectivity index (χ4v) is 11.9. The maximum atomic E-state index is 12.9. The normalized spacial score (nSPS) is 57.3. The van der Waals surface area contributed by atoms with E-state index in [-0.39, 0.29) is 33.7 Å². The number of fused-ring (bicyclic) bond motifs is 9. The quantitative estimate of drug-likeness (QED) is 0.365. The monoisotopic (exact) mass is 528 g/mol. The lowest BCUT2D eigenvalue weighted by atomic mass is 9.33. The zero-order valence-electron chi connectivity index (χ0n) is 25.1. The maximum Gasteiger partial charge on any atom is 0.310 e. The molecule has 2 N–H and O–H groups in total. The molecule has 214 valence electrons. The van der Waals surface area contributed by atoms with E-state index in [2.05, 4.69) is 47.6 Å². The van der Waals surface area contributed by atoms with Crippen LogP contribution in [0.3, 0.4) is 0 Å². The molecule has 6 aliphatic rings. The van der Waals surface area contributed by atoms with Crippen molar-refractivity contribution < 1.29 is 24.5 Å². The van der Waals surface area contributed by atoms with Crippen LogP contribution >= 0.6 is 0 Å². The molecule has 0 bridgehead atoms. The third kappa shape index (κ3) is 3.19. The van der Waals surface area contributed by atoms with Crippen LogP contribution in [-0.4, -0.2) is 40.8 Å². The molecule has 6 rings (SSSR count). The molecular weight excluding hydrogens is 476 g/mol. The minimum Gasteiger partial charge on any atom is -0.481 e. The molecule has 1 saturated heterocycles. The number of aliphatic hydroxyl groups is 1. The number of hydrogen-bond acceptors (Lipinski definition) is 4. The molecule has 5 heteroatoms. The zero-order chi connectivity index (χ0) is 27.7. The van der Waals surface area contributed by atoms with E-state index in [9.17, 15) is 15.0 Å². The van der Waals surface area contributed by atoms with Gasteiger partial charge in [0.05, 0.1) is 24.2 Å². The SMILES string of the molecule is C[C@@H]1CCC2(C(=O)O)CC[C@]3(C)C(=CCC4[C@@]5(C)CC(O)C6OC(C)(C)OC[C@]6(C)C5CC[C@]43C)C2[C@H]1C.